The van der Waals surface area contributed by atoms with Crippen LogP contribution in [0.2, 0.25) is 0 Å². The minimum Gasteiger partial charge on any atom is -0.368 e. The van der Waals surface area contributed by atoms with Crippen LogP contribution in [-0.2, 0) is 5.88 Å². The van der Waals surface area contributed by atoms with Crippen LogP contribution in [0.4, 0.5) is 5.69 Å². The number of alkyl halides is 1. The van der Waals surface area contributed by atoms with Gasteiger partial charge in [-0.25, -0.2) is 0 Å². The Morgan fingerprint density at radius 2 is 2.06 bits per heavy atom. The zero-order valence-electron chi connectivity index (χ0n) is 11.2. The summed E-state index contributed by atoms with van der Waals surface area (Å²) in [5, 5.41) is 0. The SMILES string of the molecule is CN1CCN(c2ccc(CCl)c(Br)c2)CC1(C)C. The van der Waals surface area contributed by atoms with Crippen LogP contribution in [0.5, 0.6) is 0 Å². The van der Waals surface area contributed by atoms with Crippen molar-refractivity contribution >= 4 is 33.2 Å². The maximum atomic E-state index is 5.88. The van der Waals surface area contributed by atoms with Crippen LogP contribution in [0.1, 0.15) is 19.4 Å². The summed E-state index contributed by atoms with van der Waals surface area (Å²) in [7, 11) is 2.20. The summed E-state index contributed by atoms with van der Waals surface area (Å²) in [6.45, 7) is 7.81. The van der Waals surface area contributed by atoms with Crippen LogP contribution in [0.3, 0.4) is 0 Å². The van der Waals surface area contributed by atoms with Gasteiger partial charge in [-0.2, -0.15) is 0 Å². The molecular formula is C14H20BrClN2. The highest BCUT2D eigenvalue weighted by Gasteiger charge is 2.31. The average Bonchev–Trinajstić information content (AvgIpc) is 2.32. The third-order valence-electron chi connectivity index (χ3n) is 3.86. The predicted molar refractivity (Wildman–Crippen MR) is 82.6 cm³/mol. The number of nitrogens with zero attached hydrogens (tertiary/aromatic N) is 2. The molecule has 0 amide bonds. The number of benzene rings is 1. The molecule has 1 aliphatic rings. The molecule has 18 heavy (non-hydrogen) atoms. The molecule has 1 saturated heterocycles. The van der Waals surface area contributed by atoms with Crippen LogP contribution in [0.25, 0.3) is 0 Å². The number of likely N-dealkylation sites (N-methyl/N-ethyl adjacent to an activating group) is 1. The van der Waals surface area contributed by atoms with E-state index in [1.165, 1.54) is 5.69 Å². The van der Waals surface area contributed by atoms with E-state index in [2.05, 4.69) is 64.8 Å². The molecular weight excluding hydrogens is 312 g/mol. The molecule has 0 bridgehead atoms. The van der Waals surface area contributed by atoms with Gasteiger partial charge in [0, 0.05) is 41.2 Å². The Bertz CT molecular complexity index is 434. The first-order valence-corrected chi connectivity index (χ1v) is 7.57. The van der Waals surface area contributed by atoms with Crippen molar-refractivity contribution in [2.45, 2.75) is 25.3 Å². The highest BCUT2D eigenvalue weighted by molar-refractivity contribution is 9.10. The summed E-state index contributed by atoms with van der Waals surface area (Å²) in [5.74, 6) is 0.551. The van der Waals surface area contributed by atoms with E-state index in [9.17, 15) is 0 Å². The van der Waals surface area contributed by atoms with Gasteiger partial charge in [0.1, 0.15) is 0 Å². The van der Waals surface area contributed by atoms with Crippen molar-refractivity contribution in [3.63, 3.8) is 0 Å². The molecule has 0 radical (unpaired) electrons. The molecule has 0 aromatic heterocycles. The fraction of sp³-hybridized carbons (Fsp3) is 0.571. The molecule has 0 saturated carbocycles. The second-order valence-corrected chi connectivity index (χ2v) is 6.69. The molecule has 1 aromatic carbocycles. The zero-order chi connectivity index (χ0) is 13.3. The van der Waals surface area contributed by atoms with Crippen molar-refractivity contribution in [2.24, 2.45) is 0 Å². The second kappa shape index (κ2) is 5.40. The minimum absolute atomic E-state index is 0.218. The maximum Gasteiger partial charge on any atom is 0.0485 e. The Labute approximate surface area is 123 Å². The van der Waals surface area contributed by atoms with Gasteiger partial charge in [0.15, 0.2) is 0 Å². The van der Waals surface area contributed by atoms with E-state index in [1.807, 2.05) is 0 Å². The van der Waals surface area contributed by atoms with Crippen molar-refractivity contribution in [1.82, 2.24) is 4.90 Å². The van der Waals surface area contributed by atoms with E-state index in [0.717, 1.165) is 29.7 Å². The quantitative estimate of drug-likeness (QED) is 0.762. The van der Waals surface area contributed by atoms with Gasteiger partial charge < -0.3 is 4.90 Å². The van der Waals surface area contributed by atoms with E-state index in [4.69, 9.17) is 11.6 Å². The maximum absolute atomic E-state index is 5.88. The number of piperazine rings is 1. The monoisotopic (exact) mass is 330 g/mol. The van der Waals surface area contributed by atoms with Crippen LogP contribution >= 0.6 is 27.5 Å². The average molecular weight is 332 g/mol. The van der Waals surface area contributed by atoms with Crippen molar-refractivity contribution < 1.29 is 0 Å². The Morgan fingerprint density at radius 1 is 1.33 bits per heavy atom. The zero-order valence-corrected chi connectivity index (χ0v) is 13.6. The highest BCUT2D eigenvalue weighted by Crippen LogP contribution is 2.29. The summed E-state index contributed by atoms with van der Waals surface area (Å²) in [6.07, 6.45) is 0. The molecule has 1 aliphatic heterocycles. The molecule has 0 unspecified atom stereocenters. The lowest BCUT2D eigenvalue weighted by Crippen LogP contribution is -2.57. The van der Waals surface area contributed by atoms with Crippen molar-refractivity contribution in [1.29, 1.82) is 0 Å². The van der Waals surface area contributed by atoms with Crippen molar-refractivity contribution in [3.05, 3.63) is 28.2 Å². The standard InChI is InChI=1S/C14H20BrClN2/c1-14(2)10-18(7-6-17(14)3)12-5-4-11(9-16)13(15)8-12/h4-5,8H,6-7,9-10H2,1-3H3. The lowest BCUT2D eigenvalue weighted by atomic mass is 9.99. The van der Waals surface area contributed by atoms with E-state index >= 15 is 0 Å². The number of hydrogen-bond donors (Lipinski definition) is 0. The normalized spacial score (nSPS) is 20.2. The fourth-order valence-electron chi connectivity index (χ4n) is 2.30. The van der Waals surface area contributed by atoms with E-state index < -0.39 is 0 Å². The van der Waals surface area contributed by atoms with Crippen LogP contribution in [0, 0.1) is 0 Å². The van der Waals surface area contributed by atoms with Gasteiger partial charge in [-0.05, 0) is 38.6 Å². The summed E-state index contributed by atoms with van der Waals surface area (Å²) in [6, 6.07) is 6.46. The van der Waals surface area contributed by atoms with Gasteiger partial charge in [0.05, 0.1) is 0 Å². The van der Waals surface area contributed by atoms with Crippen molar-refractivity contribution in [3.8, 4) is 0 Å². The van der Waals surface area contributed by atoms with Crippen LogP contribution in [-0.4, -0.2) is 37.1 Å². The first-order valence-electron chi connectivity index (χ1n) is 6.24. The van der Waals surface area contributed by atoms with E-state index in [-0.39, 0.29) is 5.54 Å². The molecule has 0 N–H and O–H groups in total. The fourth-order valence-corrected chi connectivity index (χ4v) is 3.20. The van der Waals surface area contributed by atoms with Gasteiger partial charge in [-0.1, -0.05) is 22.0 Å². The second-order valence-electron chi connectivity index (χ2n) is 5.56. The largest absolute Gasteiger partial charge is 0.368 e. The third kappa shape index (κ3) is 2.84. The van der Waals surface area contributed by atoms with Gasteiger partial charge in [-0.15, -0.1) is 11.6 Å². The van der Waals surface area contributed by atoms with Crippen molar-refractivity contribution in [2.75, 3.05) is 31.6 Å². The first-order chi connectivity index (χ1) is 8.44. The Kier molecular flexibility index (Phi) is 4.25. The number of rotatable bonds is 2. The lowest BCUT2D eigenvalue weighted by Gasteiger charge is -2.46. The number of hydrogen-bond acceptors (Lipinski definition) is 2. The Morgan fingerprint density at radius 3 is 2.61 bits per heavy atom. The molecule has 2 nitrogen and oxygen atoms in total. The number of anilines is 1. The van der Waals surface area contributed by atoms with E-state index in [1.54, 1.807) is 0 Å². The van der Waals surface area contributed by atoms with Crippen LogP contribution in [0.15, 0.2) is 22.7 Å². The molecule has 1 fully saturated rings. The van der Waals surface area contributed by atoms with Gasteiger partial charge >= 0.3 is 0 Å². The van der Waals surface area contributed by atoms with Gasteiger partial charge in [0.25, 0.3) is 0 Å². The minimum atomic E-state index is 0.218. The summed E-state index contributed by atoms with van der Waals surface area (Å²) in [5.41, 5.74) is 2.64. The van der Waals surface area contributed by atoms with E-state index in [0.29, 0.717) is 5.88 Å². The topological polar surface area (TPSA) is 6.48 Å². The molecule has 1 heterocycles. The number of halogens is 2. The summed E-state index contributed by atoms with van der Waals surface area (Å²) >= 11 is 9.48. The molecule has 0 atom stereocenters. The Hall–Kier alpha value is -0.250. The predicted octanol–water partition coefficient (Wildman–Crippen LogP) is 3.72. The molecule has 0 aliphatic carbocycles. The molecule has 1 aromatic rings. The summed E-state index contributed by atoms with van der Waals surface area (Å²) < 4.78 is 1.10. The third-order valence-corrected chi connectivity index (χ3v) is 4.89. The van der Waals surface area contributed by atoms with Gasteiger partial charge in [0.2, 0.25) is 0 Å². The first kappa shape index (κ1) is 14.2. The Balaban J connectivity index is 2.20. The molecule has 2 rings (SSSR count). The smallest absolute Gasteiger partial charge is 0.0485 e. The van der Waals surface area contributed by atoms with Crippen LogP contribution < -0.4 is 4.90 Å². The molecule has 100 valence electrons. The molecule has 0 spiro atoms. The highest BCUT2D eigenvalue weighted by atomic mass is 79.9. The lowest BCUT2D eigenvalue weighted by molar-refractivity contribution is 0.139. The molecule has 4 heteroatoms. The van der Waals surface area contributed by atoms with Gasteiger partial charge in [-0.3, -0.25) is 4.90 Å². The summed E-state index contributed by atoms with van der Waals surface area (Å²) in [4.78, 5) is 4.87.